The fraction of sp³-hybridized carbons (Fsp3) is 0.400. The Morgan fingerprint density at radius 2 is 2.43 bits per heavy atom. The number of β-amino-alcohol motifs (C(OH)–C–C–N with tert-alkyl or cyclic N) is 1. The number of pyridine rings is 1. The Kier molecular flexibility index (Phi) is 2.44. The van der Waals surface area contributed by atoms with Gasteiger partial charge in [-0.15, -0.1) is 0 Å². The van der Waals surface area contributed by atoms with Gasteiger partial charge in [0.15, 0.2) is 0 Å². The Morgan fingerprint density at radius 3 is 2.93 bits per heavy atom. The minimum absolute atomic E-state index is 0.271. The predicted octanol–water partition coefficient (Wildman–Crippen LogP) is 0.323. The second-order valence-corrected chi connectivity index (χ2v) is 3.43. The number of likely N-dealkylation sites (tertiary alicyclic amines) is 1. The maximum Gasteiger partial charge on any atom is 0.125 e. The molecule has 1 saturated heterocycles. The van der Waals surface area contributed by atoms with Crippen molar-refractivity contribution in [3.8, 4) is 6.07 Å². The van der Waals surface area contributed by atoms with Gasteiger partial charge in [-0.25, -0.2) is 0 Å². The van der Waals surface area contributed by atoms with E-state index in [-0.39, 0.29) is 12.1 Å². The normalized spacial score (nSPS) is 19.7. The summed E-state index contributed by atoms with van der Waals surface area (Å²) >= 11 is 0. The van der Waals surface area contributed by atoms with E-state index >= 15 is 0 Å². The second-order valence-electron chi connectivity index (χ2n) is 3.43. The fourth-order valence-electron chi connectivity index (χ4n) is 1.60. The minimum Gasteiger partial charge on any atom is -0.390 e. The molecule has 1 atom stereocenters. The van der Waals surface area contributed by atoms with Crippen LogP contribution < -0.4 is 0 Å². The SMILES string of the molecule is N#CC(c1cccnc1)N1CC(O)C1. The maximum atomic E-state index is 9.14. The van der Waals surface area contributed by atoms with Crippen molar-refractivity contribution < 1.29 is 5.11 Å². The van der Waals surface area contributed by atoms with Crippen molar-refractivity contribution in [2.45, 2.75) is 12.1 Å². The van der Waals surface area contributed by atoms with Gasteiger partial charge in [-0.05, 0) is 6.07 Å². The molecule has 1 fully saturated rings. The summed E-state index contributed by atoms with van der Waals surface area (Å²) in [6.07, 6.45) is 3.10. The van der Waals surface area contributed by atoms with E-state index in [0.717, 1.165) is 5.56 Å². The Bertz CT molecular complexity index is 340. The predicted molar refractivity (Wildman–Crippen MR) is 50.2 cm³/mol. The first kappa shape index (κ1) is 9.13. The quantitative estimate of drug-likeness (QED) is 0.728. The lowest BCUT2D eigenvalue weighted by molar-refractivity contribution is -0.0127. The number of nitrogens with zero attached hydrogens (tertiary/aromatic N) is 3. The van der Waals surface area contributed by atoms with Gasteiger partial charge in [-0.3, -0.25) is 9.88 Å². The van der Waals surface area contributed by atoms with Crippen molar-refractivity contribution >= 4 is 0 Å². The molecule has 0 radical (unpaired) electrons. The summed E-state index contributed by atoms with van der Waals surface area (Å²) in [4.78, 5) is 5.91. The van der Waals surface area contributed by atoms with E-state index in [1.165, 1.54) is 0 Å². The van der Waals surface area contributed by atoms with Crippen molar-refractivity contribution in [2.24, 2.45) is 0 Å². The minimum atomic E-state index is -0.275. The molecule has 0 aromatic carbocycles. The molecule has 1 aromatic heterocycles. The van der Waals surface area contributed by atoms with E-state index in [1.54, 1.807) is 12.4 Å². The molecule has 4 nitrogen and oxygen atoms in total. The van der Waals surface area contributed by atoms with Gasteiger partial charge in [0.1, 0.15) is 6.04 Å². The van der Waals surface area contributed by atoms with Gasteiger partial charge in [-0.1, -0.05) is 6.07 Å². The highest BCUT2D eigenvalue weighted by Gasteiger charge is 2.31. The molecule has 72 valence electrons. The highest BCUT2D eigenvalue weighted by molar-refractivity contribution is 5.21. The van der Waals surface area contributed by atoms with Crippen LogP contribution in [-0.4, -0.2) is 34.2 Å². The molecule has 4 heteroatoms. The first-order valence-corrected chi connectivity index (χ1v) is 4.53. The molecule has 1 aromatic rings. The third kappa shape index (κ3) is 1.60. The van der Waals surface area contributed by atoms with Gasteiger partial charge in [0.05, 0.1) is 12.2 Å². The van der Waals surface area contributed by atoms with Crippen LogP contribution in [0.4, 0.5) is 0 Å². The van der Waals surface area contributed by atoms with E-state index < -0.39 is 0 Å². The van der Waals surface area contributed by atoms with Crippen LogP contribution in [0.15, 0.2) is 24.5 Å². The molecule has 0 saturated carbocycles. The van der Waals surface area contributed by atoms with Crippen LogP contribution in [-0.2, 0) is 0 Å². The summed E-state index contributed by atoms with van der Waals surface area (Å²) in [6, 6.07) is 5.64. The second kappa shape index (κ2) is 3.74. The molecule has 1 N–H and O–H groups in total. The lowest BCUT2D eigenvalue weighted by Gasteiger charge is -2.38. The number of aromatic nitrogens is 1. The van der Waals surface area contributed by atoms with Gasteiger partial charge >= 0.3 is 0 Å². The number of aliphatic hydroxyl groups is 1. The van der Waals surface area contributed by atoms with Crippen LogP contribution >= 0.6 is 0 Å². The van der Waals surface area contributed by atoms with E-state index in [2.05, 4.69) is 11.1 Å². The van der Waals surface area contributed by atoms with E-state index in [4.69, 9.17) is 10.4 Å². The summed E-state index contributed by atoms with van der Waals surface area (Å²) < 4.78 is 0. The van der Waals surface area contributed by atoms with Crippen molar-refractivity contribution in [3.63, 3.8) is 0 Å². The molecule has 2 heterocycles. The smallest absolute Gasteiger partial charge is 0.125 e. The Labute approximate surface area is 82.4 Å². The topological polar surface area (TPSA) is 60.2 Å². The molecule has 14 heavy (non-hydrogen) atoms. The summed E-state index contributed by atoms with van der Waals surface area (Å²) in [5.74, 6) is 0. The number of nitriles is 1. The molecular formula is C10H11N3O. The standard InChI is InChI=1S/C10H11N3O/c11-4-10(13-6-9(14)7-13)8-2-1-3-12-5-8/h1-3,5,9-10,14H,6-7H2. The average Bonchev–Trinajstić information content (AvgIpc) is 2.18. The van der Waals surface area contributed by atoms with Crippen molar-refractivity contribution in [2.75, 3.05) is 13.1 Å². The number of aliphatic hydroxyl groups excluding tert-OH is 1. The first-order valence-electron chi connectivity index (χ1n) is 4.53. The van der Waals surface area contributed by atoms with Gasteiger partial charge in [0.2, 0.25) is 0 Å². The number of rotatable bonds is 2. The number of hydrogen-bond donors (Lipinski definition) is 1. The zero-order valence-corrected chi connectivity index (χ0v) is 7.67. The van der Waals surface area contributed by atoms with Gasteiger partial charge < -0.3 is 5.11 Å². The summed E-state index contributed by atoms with van der Waals surface area (Å²) in [5.41, 5.74) is 0.891. The third-order valence-corrected chi connectivity index (χ3v) is 2.38. The molecule has 1 aliphatic heterocycles. The zero-order valence-electron chi connectivity index (χ0n) is 7.67. The van der Waals surface area contributed by atoms with Gasteiger partial charge in [0, 0.05) is 31.0 Å². The van der Waals surface area contributed by atoms with Crippen molar-refractivity contribution in [3.05, 3.63) is 30.1 Å². The van der Waals surface area contributed by atoms with Gasteiger partial charge in [-0.2, -0.15) is 5.26 Å². The van der Waals surface area contributed by atoms with Crippen LogP contribution in [0, 0.1) is 11.3 Å². The average molecular weight is 189 g/mol. The molecule has 1 aliphatic rings. The molecule has 0 aliphatic carbocycles. The lowest BCUT2D eigenvalue weighted by Crippen LogP contribution is -2.51. The Morgan fingerprint density at radius 1 is 1.64 bits per heavy atom. The molecule has 0 spiro atoms. The molecule has 1 unspecified atom stereocenters. The van der Waals surface area contributed by atoms with Crippen LogP contribution in [0.1, 0.15) is 11.6 Å². The zero-order chi connectivity index (χ0) is 9.97. The third-order valence-electron chi connectivity index (χ3n) is 2.38. The largest absolute Gasteiger partial charge is 0.390 e. The highest BCUT2D eigenvalue weighted by atomic mass is 16.3. The van der Waals surface area contributed by atoms with Crippen LogP contribution in [0.25, 0.3) is 0 Å². The van der Waals surface area contributed by atoms with E-state index in [9.17, 15) is 0 Å². The highest BCUT2D eigenvalue weighted by Crippen LogP contribution is 2.24. The van der Waals surface area contributed by atoms with Crippen LogP contribution in [0.3, 0.4) is 0 Å². The lowest BCUT2D eigenvalue weighted by atomic mass is 10.0. The van der Waals surface area contributed by atoms with Gasteiger partial charge in [0.25, 0.3) is 0 Å². The summed E-state index contributed by atoms with van der Waals surface area (Å²) in [5, 5.41) is 18.1. The summed E-state index contributed by atoms with van der Waals surface area (Å²) in [6.45, 7) is 1.15. The maximum absolute atomic E-state index is 9.14. The molecule has 2 rings (SSSR count). The molecular weight excluding hydrogens is 178 g/mol. The van der Waals surface area contributed by atoms with Crippen LogP contribution in [0.2, 0.25) is 0 Å². The summed E-state index contributed by atoms with van der Waals surface area (Å²) in [7, 11) is 0. The van der Waals surface area contributed by atoms with Crippen molar-refractivity contribution in [1.82, 2.24) is 9.88 Å². The fourth-order valence-corrected chi connectivity index (χ4v) is 1.60. The van der Waals surface area contributed by atoms with Crippen molar-refractivity contribution in [1.29, 1.82) is 5.26 Å². The Balaban J connectivity index is 2.12. The first-order chi connectivity index (χ1) is 6.81. The Hall–Kier alpha value is -1.44. The monoisotopic (exact) mass is 189 g/mol. The number of hydrogen-bond acceptors (Lipinski definition) is 4. The molecule has 0 bridgehead atoms. The van der Waals surface area contributed by atoms with E-state index in [0.29, 0.717) is 13.1 Å². The van der Waals surface area contributed by atoms with Crippen LogP contribution in [0.5, 0.6) is 0 Å². The molecule has 0 amide bonds. The van der Waals surface area contributed by atoms with E-state index in [1.807, 2.05) is 17.0 Å².